The Hall–Kier alpha value is -6.78. The average Bonchev–Trinajstić information content (AvgIpc) is 3.56. The van der Waals surface area contributed by atoms with Crippen molar-refractivity contribution in [2.24, 2.45) is 0 Å². The van der Waals surface area contributed by atoms with E-state index in [1.807, 2.05) is 18.2 Å². The first-order valence-electron chi connectivity index (χ1n) is 16.8. The number of aromatic nitrogens is 2. The van der Waals surface area contributed by atoms with E-state index in [9.17, 15) is 0 Å². The van der Waals surface area contributed by atoms with Crippen LogP contribution in [0.3, 0.4) is 0 Å². The number of fused-ring (bicyclic) bond motifs is 17. The highest BCUT2D eigenvalue weighted by molar-refractivity contribution is 6.06. The molecule has 0 unspecified atom stereocenters. The van der Waals surface area contributed by atoms with E-state index in [0.29, 0.717) is 5.82 Å². The zero-order valence-corrected chi connectivity index (χ0v) is 27.0. The fourth-order valence-corrected chi connectivity index (χ4v) is 7.13. The Balaban J connectivity index is 1.22. The van der Waals surface area contributed by atoms with Crippen molar-refractivity contribution in [2.45, 2.75) is 0 Å². The zero-order valence-electron chi connectivity index (χ0n) is 27.0. The number of anilines is 3. The van der Waals surface area contributed by atoms with Crippen molar-refractivity contribution in [2.75, 3.05) is 4.90 Å². The van der Waals surface area contributed by atoms with Crippen molar-refractivity contribution in [3.05, 3.63) is 176 Å². The summed E-state index contributed by atoms with van der Waals surface area (Å²) >= 11 is 0. The van der Waals surface area contributed by atoms with Gasteiger partial charge in [0.1, 0.15) is 11.2 Å². The highest BCUT2D eigenvalue weighted by atomic mass is 16.3. The largest absolute Gasteiger partial charge is 0.456 e. The molecule has 0 radical (unpaired) electrons. The van der Waals surface area contributed by atoms with Crippen LogP contribution >= 0.6 is 0 Å². The third-order valence-electron chi connectivity index (χ3n) is 9.57. The Labute approximate surface area is 289 Å². The highest BCUT2D eigenvalue weighted by Gasteiger charge is 2.18. The number of furan rings is 1. The number of hydrogen-bond acceptors (Lipinski definition) is 4. The van der Waals surface area contributed by atoms with Crippen molar-refractivity contribution in [1.29, 1.82) is 0 Å². The van der Waals surface area contributed by atoms with Crippen LogP contribution in [0.4, 0.5) is 17.1 Å². The van der Waals surface area contributed by atoms with E-state index in [1.165, 1.54) is 0 Å². The van der Waals surface area contributed by atoms with Crippen molar-refractivity contribution < 1.29 is 4.42 Å². The molecular weight excluding hydrogens is 611 g/mol. The molecule has 0 saturated carbocycles. The van der Waals surface area contributed by atoms with E-state index in [-0.39, 0.29) is 0 Å². The van der Waals surface area contributed by atoms with Crippen LogP contribution in [0, 0.1) is 0 Å². The molecule has 7 aromatic carbocycles. The predicted octanol–water partition coefficient (Wildman–Crippen LogP) is 12.5. The summed E-state index contributed by atoms with van der Waals surface area (Å²) in [5.74, 6) is 0.694. The molecule has 0 atom stereocenters. The Morgan fingerprint density at radius 1 is 0.340 bits per heavy atom. The molecule has 0 aliphatic carbocycles. The Morgan fingerprint density at radius 2 is 0.860 bits per heavy atom. The summed E-state index contributed by atoms with van der Waals surface area (Å²) in [6, 6.07) is 61.8. The smallest absolute Gasteiger partial charge is 0.160 e. The molecule has 0 fully saturated rings. The Bertz CT molecular complexity index is 2620. The van der Waals surface area contributed by atoms with Gasteiger partial charge in [-0.3, -0.25) is 0 Å². The van der Waals surface area contributed by atoms with Gasteiger partial charge in [0.05, 0.1) is 11.4 Å². The molecule has 10 rings (SSSR count). The Kier molecular flexibility index (Phi) is 6.46. The fourth-order valence-electron chi connectivity index (χ4n) is 7.13. The van der Waals surface area contributed by atoms with E-state index >= 15 is 0 Å². The van der Waals surface area contributed by atoms with Crippen LogP contribution in [0.2, 0.25) is 0 Å². The summed E-state index contributed by atoms with van der Waals surface area (Å²) in [6.07, 6.45) is 0. The lowest BCUT2D eigenvalue weighted by atomic mass is 9.98. The lowest BCUT2D eigenvalue weighted by Crippen LogP contribution is -2.10. The first-order valence-corrected chi connectivity index (χ1v) is 16.8. The molecule has 10 bridgehead atoms. The first kappa shape index (κ1) is 28.3. The maximum atomic E-state index is 6.36. The predicted molar refractivity (Wildman–Crippen MR) is 205 cm³/mol. The van der Waals surface area contributed by atoms with Gasteiger partial charge >= 0.3 is 0 Å². The molecule has 1 aliphatic heterocycles. The normalized spacial score (nSPS) is 12.0. The molecule has 0 N–H and O–H groups in total. The number of rotatable bonds is 2. The van der Waals surface area contributed by atoms with Gasteiger partial charge in [-0.15, -0.1) is 0 Å². The highest BCUT2D eigenvalue weighted by Crippen LogP contribution is 2.41. The number of para-hydroxylation sites is 1. The molecule has 3 heterocycles. The molecule has 1 aliphatic rings. The molecule has 9 aromatic rings. The minimum absolute atomic E-state index is 0.694. The van der Waals surface area contributed by atoms with Gasteiger partial charge in [0.25, 0.3) is 0 Å². The summed E-state index contributed by atoms with van der Waals surface area (Å²) in [6.45, 7) is 0. The first-order chi connectivity index (χ1) is 24.7. The maximum Gasteiger partial charge on any atom is 0.160 e. The molecule has 4 heteroatoms. The van der Waals surface area contributed by atoms with Crippen molar-refractivity contribution in [1.82, 2.24) is 9.97 Å². The number of nitrogens with zero attached hydrogens (tertiary/aromatic N) is 3. The standard InChI is InChI=1S/C46H29N3O/c1-2-10-30(11-3-1)42-29-43-35-16-6-12-31(24-35)33-14-8-18-37(26-33)49(39-22-23-41-40-20-4-5-21-44(40)50-45(41)28-39)38-19-9-15-34(27-38)32-13-7-17-36(25-32)46(47-42)48-43/h1-29H. The van der Waals surface area contributed by atoms with Gasteiger partial charge < -0.3 is 9.32 Å². The fraction of sp³-hybridized carbons (Fsp3) is 0. The third kappa shape index (κ3) is 4.85. The third-order valence-corrected chi connectivity index (χ3v) is 9.57. The SMILES string of the molecule is c1ccc(-c2cc3nc(n2)-c2cccc(c2)-c2cccc(c2)N(c2ccc4c(c2)oc2ccccc24)c2cccc(c2)-c2cccc-3c2)cc1. The van der Waals surface area contributed by atoms with Gasteiger partial charge in [0.15, 0.2) is 5.82 Å². The minimum Gasteiger partial charge on any atom is -0.456 e. The van der Waals surface area contributed by atoms with E-state index in [4.69, 9.17) is 14.4 Å². The van der Waals surface area contributed by atoms with Gasteiger partial charge in [-0.05, 0) is 82.9 Å². The lowest BCUT2D eigenvalue weighted by molar-refractivity contribution is 0.669. The van der Waals surface area contributed by atoms with Gasteiger partial charge in [-0.2, -0.15) is 0 Å². The summed E-state index contributed by atoms with van der Waals surface area (Å²) in [5, 5.41) is 2.23. The summed E-state index contributed by atoms with van der Waals surface area (Å²) < 4.78 is 6.36. The van der Waals surface area contributed by atoms with E-state index in [1.54, 1.807) is 0 Å². The van der Waals surface area contributed by atoms with Crippen molar-refractivity contribution in [3.8, 4) is 56.2 Å². The molecule has 234 valence electrons. The quantitative estimate of drug-likeness (QED) is 0.189. The number of hydrogen-bond donors (Lipinski definition) is 0. The van der Waals surface area contributed by atoms with E-state index < -0.39 is 0 Å². The molecule has 2 aromatic heterocycles. The van der Waals surface area contributed by atoms with Crippen LogP contribution in [0.1, 0.15) is 0 Å². The van der Waals surface area contributed by atoms with Crippen LogP contribution in [0.15, 0.2) is 180 Å². The molecule has 0 saturated heterocycles. The van der Waals surface area contributed by atoms with Crippen molar-refractivity contribution >= 4 is 39.0 Å². The molecule has 4 nitrogen and oxygen atoms in total. The summed E-state index contributed by atoms with van der Waals surface area (Å²) in [7, 11) is 0. The topological polar surface area (TPSA) is 42.2 Å². The van der Waals surface area contributed by atoms with Crippen molar-refractivity contribution in [3.63, 3.8) is 0 Å². The second kappa shape index (κ2) is 11.4. The second-order valence-corrected chi connectivity index (χ2v) is 12.7. The van der Waals surface area contributed by atoms with Gasteiger partial charge in [0.2, 0.25) is 0 Å². The van der Waals surface area contributed by atoms with Gasteiger partial charge in [-0.25, -0.2) is 9.97 Å². The van der Waals surface area contributed by atoms with E-state index in [2.05, 4.69) is 163 Å². The van der Waals surface area contributed by atoms with E-state index in [0.717, 1.165) is 89.3 Å². The monoisotopic (exact) mass is 639 g/mol. The average molecular weight is 640 g/mol. The second-order valence-electron chi connectivity index (χ2n) is 12.7. The zero-order chi connectivity index (χ0) is 33.0. The van der Waals surface area contributed by atoms with Crippen LogP contribution < -0.4 is 4.90 Å². The van der Waals surface area contributed by atoms with Gasteiger partial charge in [0, 0.05) is 50.6 Å². The number of benzene rings is 7. The van der Waals surface area contributed by atoms with Gasteiger partial charge in [-0.1, -0.05) is 109 Å². The minimum atomic E-state index is 0.694. The molecule has 0 amide bonds. The van der Waals surface area contributed by atoms with Crippen LogP contribution in [-0.4, -0.2) is 9.97 Å². The Morgan fingerprint density at radius 3 is 1.60 bits per heavy atom. The van der Waals surface area contributed by atoms with Crippen LogP contribution in [0.25, 0.3) is 78.1 Å². The summed E-state index contributed by atoms with van der Waals surface area (Å²) in [4.78, 5) is 12.6. The maximum absolute atomic E-state index is 6.36. The lowest BCUT2D eigenvalue weighted by Gasteiger charge is -2.26. The molecular formula is C46H29N3O. The molecule has 0 spiro atoms. The molecule has 50 heavy (non-hydrogen) atoms. The summed E-state index contributed by atoms with van der Waals surface area (Å²) in [5.41, 5.74) is 14.1. The van der Waals surface area contributed by atoms with Crippen LogP contribution in [0.5, 0.6) is 0 Å². The van der Waals surface area contributed by atoms with Crippen LogP contribution in [-0.2, 0) is 0 Å².